The fourth-order valence-corrected chi connectivity index (χ4v) is 6.84. The summed E-state index contributed by atoms with van der Waals surface area (Å²) in [7, 11) is 0. The molecule has 2 aliphatic carbocycles. The molecule has 6 N–H and O–H groups in total. The molecule has 1 aromatic heterocycles. The molecule has 2 aliphatic rings. The zero-order chi connectivity index (χ0) is 30.1. The normalized spacial score (nSPS) is 25.7. The zero-order valence-electron chi connectivity index (χ0n) is 24.6. The van der Waals surface area contributed by atoms with E-state index in [-0.39, 0.29) is 17.7 Å². The first-order valence-electron chi connectivity index (χ1n) is 14.7. The third kappa shape index (κ3) is 6.63. The molecule has 0 bridgehead atoms. The molecule has 3 aromatic rings. The number of rotatable bonds is 8. The van der Waals surface area contributed by atoms with Crippen molar-refractivity contribution in [2.45, 2.75) is 82.5 Å². The minimum Gasteiger partial charge on any atom is -0.443 e. The van der Waals surface area contributed by atoms with Gasteiger partial charge in [0, 0.05) is 23.1 Å². The number of ether oxygens (including phenoxy) is 1. The Bertz CT molecular complexity index is 1420. The molecule has 0 radical (unpaired) electrons. The maximum absolute atomic E-state index is 13.0. The van der Waals surface area contributed by atoms with Crippen LogP contribution in [0.25, 0.3) is 22.4 Å². The van der Waals surface area contributed by atoms with E-state index in [0.29, 0.717) is 30.8 Å². The van der Waals surface area contributed by atoms with Gasteiger partial charge in [0.05, 0.1) is 5.60 Å². The second-order valence-corrected chi connectivity index (χ2v) is 12.9. The van der Waals surface area contributed by atoms with Gasteiger partial charge in [-0.3, -0.25) is 4.79 Å². The quantitative estimate of drug-likeness (QED) is 0.278. The topological polar surface area (TPSA) is 153 Å². The molecule has 2 aromatic carbocycles. The molecule has 222 valence electrons. The first-order chi connectivity index (χ1) is 19.8. The Labute approximate surface area is 247 Å². The van der Waals surface area contributed by atoms with E-state index in [9.17, 15) is 14.7 Å². The molecule has 9 nitrogen and oxygen atoms in total. The van der Waals surface area contributed by atoms with Crippen molar-refractivity contribution in [1.29, 1.82) is 0 Å². The van der Waals surface area contributed by atoms with Crippen molar-refractivity contribution in [2.75, 3.05) is 5.32 Å². The Morgan fingerprint density at radius 1 is 1.00 bits per heavy atom. The van der Waals surface area contributed by atoms with Crippen LogP contribution in [0.3, 0.4) is 0 Å². The zero-order valence-corrected chi connectivity index (χ0v) is 24.6. The average molecular weight is 572 g/mol. The molecule has 42 heavy (non-hydrogen) atoms. The second kappa shape index (κ2) is 11.5. The van der Waals surface area contributed by atoms with Crippen LogP contribution >= 0.6 is 0 Å². The van der Waals surface area contributed by atoms with E-state index >= 15 is 0 Å². The molecular weight excluding hydrogens is 530 g/mol. The van der Waals surface area contributed by atoms with Gasteiger partial charge in [0.25, 0.3) is 0 Å². The summed E-state index contributed by atoms with van der Waals surface area (Å²) < 4.78 is 5.33. The number of amides is 2. The Balaban J connectivity index is 1.28. The van der Waals surface area contributed by atoms with Crippen LogP contribution in [0.4, 0.5) is 10.6 Å². The predicted molar refractivity (Wildman–Crippen MR) is 162 cm³/mol. The Morgan fingerprint density at radius 2 is 1.64 bits per heavy atom. The van der Waals surface area contributed by atoms with Crippen LogP contribution in [0.5, 0.6) is 0 Å². The van der Waals surface area contributed by atoms with Gasteiger partial charge in [0.1, 0.15) is 11.3 Å². The lowest BCUT2D eigenvalue weighted by Crippen LogP contribution is -2.58. The van der Waals surface area contributed by atoms with E-state index in [1.165, 1.54) is 0 Å². The molecule has 9 heteroatoms. The lowest BCUT2D eigenvalue weighted by Gasteiger charge is -2.49. The Kier molecular flexibility index (Phi) is 8.09. The van der Waals surface area contributed by atoms with Gasteiger partial charge in [-0.1, -0.05) is 54.6 Å². The minimum absolute atomic E-state index is 0.0962. The molecule has 2 saturated carbocycles. The van der Waals surface area contributed by atoms with E-state index in [1.807, 2.05) is 81.4 Å². The van der Waals surface area contributed by atoms with E-state index < -0.39 is 22.8 Å². The van der Waals surface area contributed by atoms with Gasteiger partial charge in [-0.25, -0.2) is 4.79 Å². The molecule has 0 aliphatic heterocycles. The summed E-state index contributed by atoms with van der Waals surface area (Å²) in [5, 5.41) is 22.1. The summed E-state index contributed by atoms with van der Waals surface area (Å²) in [5.74, 6) is 0.766. The summed E-state index contributed by atoms with van der Waals surface area (Å²) >= 11 is 0. The van der Waals surface area contributed by atoms with E-state index in [2.05, 4.69) is 15.5 Å². The summed E-state index contributed by atoms with van der Waals surface area (Å²) in [5.41, 5.74) is 14.3. The number of aliphatic hydroxyl groups is 1. The third-order valence-corrected chi connectivity index (χ3v) is 8.94. The molecule has 0 atom stereocenters. The molecule has 2 fully saturated rings. The number of benzene rings is 2. The van der Waals surface area contributed by atoms with E-state index in [1.54, 1.807) is 0 Å². The van der Waals surface area contributed by atoms with E-state index in [0.717, 1.165) is 47.9 Å². The number of aromatic nitrogens is 2. The molecule has 0 unspecified atom stereocenters. The smallest absolute Gasteiger partial charge is 0.405 e. The number of nitrogens with one attached hydrogen (secondary N) is 1. The van der Waals surface area contributed by atoms with Gasteiger partial charge >= 0.3 is 6.09 Å². The highest BCUT2D eigenvalue weighted by Crippen LogP contribution is 2.46. The number of primary amides is 1. The highest BCUT2D eigenvalue weighted by atomic mass is 16.6. The average Bonchev–Trinajstić information content (AvgIpc) is 2.92. The number of nitrogens with zero attached hydrogens (tertiary/aromatic N) is 2. The number of carbonyl (C=O) groups excluding carboxylic acids is 2. The summed E-state index contributed by atoms with van der Waals surface area (Å²) in [6, 6.07) is 19.7. The maximum atomic E-state index is 13.0. The van der Waals surface area contributed by atoms with Crippen molar-refractivity contribution in [3.8, 4) is 22.4 Å². The first-order valence-corrected chi connectivity index (χ1v) is 14.7. The molecule has 1 heterocycles. The number of hydrogen-bond donors (Lipinski definition) is 4. The summed E-state index contributed by atoms with van der Waals surface area (Å²) in [4.78, 5) is 24.3. The third-order valence-electron chi connectivity index (χ3n) is 8.94. The van der Waals surface area contributed by atoms with Gasteiger partial charge in [-0.05, 0) is 88.3 Å². The molecule has 0 saturated heterocycles. The van der Waals surface area contributed by atoms with Crippen molar-refractivity contribution in [3.63, 3.8) is 0 Å². The van der Waals surface area contributed by atoms with Crippen LogP contribution in [0, 0.1) is 11.8 Å². The highest BCUT2D eigenvalue weighted by molar-refractivity contribution is 5.91. The standard InChI is InChI=1S/C33H41N5O4/c1-31(2,42-30(34)40)24-13-9-21(10-14-24)17-28(39)36-27-18-26(22-7-5-4-6-8-22)29(38-37-27)23-11-15-25(16-12-23)33(35)19-32(3,41)20-33/h4-8,11-12,15-16,18,21,24,41H,9-10,13-14,17,19-20,35H2,1-3H3,(H2,34,40)(H,36,37,39)/t21?,24?,32-,33-. The van der Waals surface area contributed by atoms with Crippen LogP contribution in [-0.4, -0.2) is 38.5 Å². The molecular formula is C33H41N5O4. The summed E-state index contributed by atoms with van der Waals surface area (Å²) in [6.07, 6.45) is 4.17. The van der Waals surface area contributed by atoms with Crippen molar-refractivity contribution in [3.05, 3.63) is 66.2 Å². The summed E-state index contributed by atoms with van der Waals surface area (Å²) in [6.45, 7) is 5.60. The fourth-order valence-electron chi connectivity index (χ4n) is 6.84. The largest absolute Gasteiger partial charge is 0.443 e. The molecule has 5 rings (SSSR count). The number of nitrogens with two attached hydrogens (primary N) is 2. The van der Waals surface area contributed by atoms with Crippen molar-refractivity contribution in [1.82, 2.24) is 10.2 Å². The van der Waals surface area contributed by atoms with Gasteiger partial charge in [-0.15, -0.1) is 10.2 Å². The van der Waals surface area contributed by atoms with Crippen LogP contribution in [0.2, 0.25) is 0 Å². The van der Waals surface area contributed by atoms with Crippen molar-refractivity contribution >= 4 is 17.8 Å². The van der Waals surface area contributed by atoms with Crippen molar-refractivity contribution < 1.29 is 19.4 Å². The molecule has 0 spiro atoms. The second-order valence-electron chi connectivity index (χ2n) is 12.9. The monoisotopic (exact) mass is 571 g/mol. The van der Waals surface area contributed by atoms with Gasteiger partial charge in [-0.2, -0.15) is 0 Å². The fraction of sp³-hybridized carbons (Fsp3) is 0.455. The minimum atomic E-state index is -0.756. The van der Waals surface area contributed by atoms with E-state index in [4.69, 9.17) is 16.2 Å². The van der Waals surface area contributed by atoms with Crippen LogP contribution in [0.1, 0.15) is 71.3 Å². The van der Waals surface area contributed by atoms with Crippen molar-refractivity contribution in [2.24, 2.45) is 23.3 Å². The van der Waals surface area contributed by atoms with Gasteiger partial charge in [0.15, 0.2) is 5.82 Å². The van der Waals surface area contributed by atoms with Gasteiger partial charge < -0.3 is 26.6 Å². The predicted octanol–water partition coefficient (Wildman–Crippen LogP) is 5.52. The SMILES string of the molecule is CC(C)(OC(N)=O)C1CCC(CC(=O)Nc2cc(-c3ccccc3)c(-c3ccc([C@]4(N)C[C@](C)(O)C4)cc3)nn2)CC1. The van der Waals surface area contributed by atoms with Crippen LogP contribution in [-0.2, 0) is 15.1 Å². The number of carbonyl (C=O) groups is 2. The number of anilines is 1. The highest BCUT2D eigenvalue weighted by Gasteiger charge is 2.49. The Morgan fingerprint density at radius 3 is 2.24 bits per heavy atom. The number of hydrogen-bond acceptors (Lipinski definition) is 7. The first kappa shape index (κ1) is 29.7. The lowest BCUT2D eigenvalue weighted by atomic mass is 9.63. The molecule has 2 amide bonds. The maximum Gasteiger partial charge on any atom is 0.405 e. The van der Waals surface area contributed by atoms with Crippen LogP contribution in [0.15, 0.2) is 60.7 Å². The lowest BCUT2D eigenvalue weighted by molar-refractivity contribution is -0.117. The van der Waals surface area contributed by atoms with Gasteiger partial charge in [0.2, 0.25) is 5.91 Å². The van der Waals surface area contributed by atoms with Crippen LogP contribution < -0.4 is 16.8 Å². The Hall–Kier alpha value is -3.82.